The van der Waals surface area contributed by atoms with Crippen molar-refractivity contribution in [2.24, 2.45) is 0 Å². The fourth-order valence-electron chi connectivity index (χ4n) is 2.96. The molecule has 1 unspecified atom stereocenters. The number of hydrogen-bond acceptors (Lipinski definition) is 7. The molecule has 1 aliphatic heterocycles. The van der Waals surface area contributed by atoms with Gasteiger partial charge in [-0.15, -0.1) is 0 Å². The molecule has 26 heavy (non-hydrogen) atoms. The zero-order chi connectivity index (χ0) is 19.3. The second kappa shape index (κ2) is 7.90. The molecule has 0 bridgehead atoms. The lowest BCUT2D eigenvalue weighted by atomic mass is 9.76. The number of fused-ring (bicyclic) bond motifs is 1. The topological polar surface area (TPSA) is 111 Å². The van der Waals surface area contributed by atoms with Crippen molar-refractivity contribution in [3.8, 4) is 5.75 Å². The molecule has 0 spiro atoms. The highest BCUT2D eigenvalue weighted by Crippen LogP contribution is 2.45. The van der Waals surface area contributed by atoms with Gasteiger partial charge in [-0.2, -0.15) is 0 Å². The van der Waals surface area contributed by atoms with Crippen LogP contribution in [0, 0.1) is 0 Å². The number of carbonyl (C=O) groups is 3. The molecule has 2 rings (SSSR count). The number of rotatable bonds is 7. The van der Waals surface area contributed by atoms with Crippen molar-refractivity contribution in [3.63, 3.8) is 0 Å². The van der Waals surface area contributed by atoms with E-state index in [1.165, 1.54) is 13.2 Å². The van der Waals surface area contributed by atoms with Crippen LogP contribution in [0.5, 0.6) is 5.75 Å². The van der Waals surface area contributed by atoms with Gasteiger partial charge in [-0.25, -0.2) is 4.79 Å². The molecule has 2 N–H and O–H groups in total. The van der Waals surface area contributed by atoms with E-state index in [-0.39, 0.29) is 13.2 Å². The Morgan fingerprint density at radius 1 is 1.19 bits per heavy atom. The van der Waals surface area contributed by atoms with E-state index in [4.69, 9.17) is 19.3 Å². The summed E-state index contributed by atoms with van der Waals surface area (Å²) in [6.07, 6.45) is 2.11. The third-order valence-corrected chi connectivity index (χ3v) is 4.06. The molecular formula is C18H21NO7. The number of hydrogen-bond donors (Lipinski definition) is 2. The normalized spacial score (nSPS) is 17.3. The van der Waals surface area contributed by atoms with Crippen LogP contribution in [0.1, 0.15) is 19.4 Å². The minimum atomic E-state index is -1.87. The molecule has 0 amide bonds. The average Bonchev–Trinajstić information content (AvgIpc) is 2.94. The van der Waals surface area contributed by atoms with Crippen molar-refractivity contribution in [2.45, 2.75) is 25.3 Å². The molecule has 140 valence electrons. The first-order valence-electron chi connectivity index (χ1n) is 8.12. The number of carboxylic acid groups (broad SMARTS) is 1. The van der Waals surface area contributed by atoms with Crippen LogP contribution in [0.15, 0.2) is 30.4 Å². The van der Waals surface area contributed by atoms with Crippen LogP contribution >= 0.6 is 0 Å². The zero-order valence-corrected chi connectivity index (χ0v) is 14.8. The lowest BCUT2D eigenvalue weighted by Crippen LogP contribution is -2.53. The predicted molar refractivity (Wildman–Crippen MR) is 92.1 cm³/mol. The van der Waals surface area contributed by atoms with Gasteiger partial charge in [0.2, 0.25) is 5.41 Å². The van der Waals surface area contributed by atoms with Crippen LogP contribution in [0.4, 0.5) is 5.69 Å². The molecule has 1 atom stereocenters. The van der Waals surface area contributed by atoms with Gasteiger partial charge in [0.05, 0.1) is 26.4 Å². The minimum absolute atomic E-state index is 0.0503. The number of carbonyl (C=O) groups excluding carboxylic acids is 2. The number of carboxylic acids is 1. The van der Waals surface area contributed by atoms with Crippen molar-refractivity contribution < 1.29 is 33.7 Å². The molecule has 1 aromatic carbocycles. The molecule has 0 aromatic heterocycles. The first-order chi connectivity index (χ1) is 12.4. The summed E-state index contributed by atoms with van der Waals surface area (Å²) in [5.41, 5.74) is -1.07. The summed E-state index contributed by atoms with van der Waals surface area (Å²) in [5, 5.41) is 12.0. The molecule has 8 nitrogen and oxygen atoms in total. The van der Waals surface area contributed by atoms with Crippen molar-refractivity contribution >= 4 is 23.6 Å². The molecule has 1 heterocycles. The largest absolute Gasteiger partial charge is 0.497 e. The maximum Gasteiger partial charge on any atom is 0.330 e. The highest BCUT2D eigenvalue weighted by atomic mass is 16.6. The zero-order valence-electron chi connectivity index (χ0n) is 14.8. The Morgan fingerprint density at radius 2 is 1.81 bits per heavy atom. The number of methoxy groups -OCH3 is 1. The van der Waals surface area contributed by atoms with Gasteiger partial charge in [0.25, 0.3) is 0 Å². The second-order valence-electron chi connectivity index (χ2n) is 5.48. The maximum absolute atomic E-state index is 12.9. The van der Waals surface area contributed by atoms with Gasteiger partial charge >= 0.3 is 17.9 Å². The summed E-state index contributed by atoms with van der Waals surface area (Å²) in [4.78, 5) is 36.8. The molecule has 0 aliphatic carbocycles. The van der Waals surface area contributed by atoms with Gasteiger partial charge in [0.1, 0.15) is 5.75 Å². The number of aliphatic carboxylic acids is 1. The number of ether oxygens (including phenoxy) is 3. The Hall–Kier alpha value is -3.03. The summed E-state index contributed by atoms with van der Waals surface area (Å²) in [5.74, 6) is -2.41. The van der Waals surface area contributed by atoms with Crippen LogP contribution in [-0.2, 0) is 29.3 Å². The van der Waals surface area contributed by atoms with E-state index in [2.05, 4.69) is 5.32 Å². The van der Waals surface area contributed by atoms with E-state index >= 15 is 0 Å². The predicted octanol–water partition coefficient (Wildman–Crippen LogP) is 1.49. The van der Waals surface area contributed by atoms with Gasteiger partial charge in [-0.1, -0.05) is 6.08 Å². The number of esters is 2. The van der Waals surface area contributed by atoms with E-state index < -0.39 is 29.4 Å². The first-order valence-corrected chi connectivity index (χ1v) is 8.12. The monoisotopic (exact) mass is 363 g/mol. The average molecular weight is 363 g/mol. The second-order valence-corrected chi connectivity index (χ2v) is 5.48. The van der Waals surface area contributed by atoms with Crippen molar-refractivity contribution in [1.29, 1.82) is 0 Å². The molecule has 8 heteroatoms. The SMILES string of the molecule is CCOC(=O)C1(C(=O)OCC)c2cc(OC)ccc2NC1C=CC(=O)O. The number of nitrogens with one attached hydrogen (secondary N) is 1. The van der Waals surface area contributed by atoms with E-state index in [1.54, 1.807) is 32.0 Å². The third-order valence-electron chi connectivity index (χ3n) is 4.06. The quantitative estimate of drug-likeness (QED) is 0.426. The molecule has 0 radical (unpaired) electrons. The van der Waals surface area contributed by atoms with Gasteiger partial charge in [0, 0.05) is 17.3 Å². The van der Waals surface area contributed by atoms with E-state index in [9.17, 15) is 14.4 Å². The Balaban J connectivity index is 2.71. The summed E-state index contributed by atoms with van der Waals surface area (Å²) < 4.78 is 15.5. The van der Waals surface area contributed by atoms with Crippen molar-refractivity contribution in [1.82, 2.24) is 0 Å². The number of benzene rings is 1. The molecule has 1 aliphatic rings. The van der Waals surface area contributed by atoms with Crippen molar-refractivity contribution in [2.75, 3.05) is 25.6 Å². The highest BCUT2D eigenvalue weighted by molar-refractivity contribution is 6.11. The fourth-order valence-corrected chi connectivity index (χ4v) is 2.96. The van der Waals surface area contributed by atoms with Crippen LogP contribution in [0.3, 0.4) is 0 Å². The minimum Gasteiger partial charge on any atom is -0.497 e. The molecule has 1 aromatic rings. The first kappa shape index (κ1) is 19.3. The third kappa shape index (κ3) is 3.22. The lowest BCUT2D eigenvalue weighted by molar-refractivity contribution is -0.164. The van der Waals surface area contributed by atoms with Gasteiger partial charge in [-0.05, 0) is 32.0 Å². The van der Waals surface area contributed by atoms with E-state index in [0.717, 1.165) is 6.08 Å². The summed E-state index contributed by atoms with van der Waals surface area (Å²) in [6.45, 7) is 3.34. The Bertz CT molecular complexity index is 723. The maximum atomic E-state index is 12.9. The number of anilines is 1. The van der Waals surface area contributed by atoms with Crippen LogP contribution in [0.25, 0.3) is 0 Å². The highest BCUT2D eigenvalue weighted by Gasteiger charge is 2.60. The van der Waals surface area contributed by atoms with Crippen LogP contribution in [0.2, 0.25) is 0 Å². The smallest absolute Gasteiger partial charge is 0.330 e. The van der Waals surface area contributed by atoms with Crippen LogP contribution in [-0.4, -0.2) is 49.4 Å². The van der Waals surface area contributed by atoms with E-state index in [1.807, 2.05) is 0 Å². The standard InChI is InChI=1S/C18H21NO7/c1-4-25-16(22)18(17(23)26-5-2)12-10-11(24-3)6-7-13(12)19-14(18)8-9-15(20)21/h6-10,14,19H,4-5H2,1-3H3,(H,20,21). The van der Waals surface area contributed by atoms with Gasteiger partial charge < -0.3 is 24.6 Å². The Kier molecular flexibility index (Phi) is 5.86. The van der Waals surface area contributed by atoms with E-state index in [0.29, 0.717) is 17.0 Å². The van der Waals surface area contributed by atoms with Crippen molar-refractivity contribution in [3.05, 3.63) is 35.9 Å². The van der Waals surface area contributed by atoms with Gasteiger partial charge in [-0.3, -0.25) is 9.59 Å². The molecule has 0 saturated carbocycles. The Labute approximate surface area is 150 Å². The van der Waals surface area contributed by atoms with Crippen LogP contribution < -0.4 is 10.1 Å². The molecule has 0 saturated heterocycles. The summed E-state index contributed by atoms with van der Waals surface area (Å²) in [6, 6.07) is 3.87. The molecular weight excluding hydrogens is 342 g/mol. The Morgan fingerprint density at radius 3 is 2.31 bits per heavy atom. The summed E-state index contributed by atoms with van der Waals surface area (Å²) >= 11 is 0. The van der Waals surface area contributed by atoms with Gasteiger partial charge in [0.15, 0.2) is 0 Å². The molecule has 0 fully saturated rings. The fraction of sp³-hybridized carbons (Fsp3) is 0.389. The summed E-state index contributed by atoms with van der Waals surface area (Å²) in [7, 11) is 1.46. The lowest BCUT2D eigenvalue weighted by Gasteiger charge is -2.29.